The predicted octanol–water partition coefficient (Wildman–Crippen LogP) is 0.679. The minimum absolute atomic E-state index is 0.200. The highest BCUT2D eigenvalue weighted by atomic mass is 16.2. The number of carbonyl (C=O) groups is 3. The molecule has 1 atom stereocenters. The molecule has 1 saturated heterocycles. The molecule has 2 aliphatic heterocycles. The number of hydrogen-bond acceptors (Lipinski definition) is 3. The molecule has 2 heterocycles. The van der Waals surface area contributed by atoms with Crippen LogP contribution < -0.4 is 0 Å². The number of carbonyl (C=O) groups excluding carboxylic acids is 3. The first kappa shape index (κ1) is 11.6. The molecule has 0 saturated carbocycles. The number of amides is 3. The van der Waals surface area contributed by atoms with Crippen molar-refractivity contribution in [2.45, 2.75) is 6.04 Å². The van der Waals surface area contributed by atoms with E-state index in [0.717, 1.165) is 4.90 Å². The Balaban J connectivity index is 1.86. The van der Waals surface area contributed by atoms with Crippen molar-refractivity contribution in [3.8, 4) is 0 Å². The summed E-state index contributed by atoms with van der Waals surface area (Å²) in [5, 5.41) is 0. The normalized spacial score (nSPS) is 21.5. The highest BCUT2D eigenvalue weighted by Crippen LogP contribution is 2.28. The number of likely N-dealkylation sites (tertiary alicyclic amines) is 1. The van der Waals surface area contributed by atoms with E-state index >= 15 is 0 Å². The van der Waals surface area contributed by atoms with Gasteiger partial charge in [0.25, 0.3) is 11.8 Å². The maximum Gasteiger partial charge on any atom is 0.262 e. The lowest BCUT2D eigenvalue weighted by Crippen LogP contribution is -2.64. The van der Waals surface area contributed by atoms with Gasteiger partial charge in [-0.15, -0.1) is 6.58 Å². The van der Waals surface area contributed by atoms with Gasteiger partial charge in [-0.2, -0.15) is 0 Å². The van der Waals surface area contributed by atoms with Gasteiger partial charge in [0.05, 0.1) is 17.7 Å². The van der Waals surface area contributed by atoms with Crippen LogP contribution in [0.15, 0.2) is 36.9 Å². The summed E-state index contributed by atoms with van der Waals surface area (Å²) in [5.41, 5.74) is 0.755. The lowest BCUT2D eigenvalue weighted by Gasteiger charge is -2.41. The molecule has 0 bridgehead atoms. The highest BCUT2D eigenvalue weighted by Gasteiger charge is 2.49. The molecule has 1 unspecified atom stereocenters. The molecule has 5 heteroatoms. The highest BCUT2D eigenvalue weighted by molar-refractivity contribution is 6.23. The van der Waals surface area contributed by atoms with Gasteiger partial charge < -0.3 is 4.90 Å². The van der Waals surface area contributed by atoms with Crippen molar-refractivity contribution in [1.29, 1.82) is 0 Å². The van der Waals surface area contributed by atoms with Gasteiger partial charge in [0.2, 0.25) is 5.91 Å². The van der Waals surface area contributed by atoms with Crippen molar-refractivity contribution in [2.24, 2.45) is 0 Å². The zero-order valence-electron chi connectivity index (χ0n) is 10.2. The van der Waals surface area contributed by atoms with E-state index in [1.807, 2.05) is 0 Å². The molecule has 5 nitrogen and oxygen atoms in total. The third-order valence-electron chi connectivity index (χ3n) is 3.48. The molecule has 3 rings (SSSR count). The number of benzene rings is 1. The van der Waals surface area contributed by atoms with Gasteiger partial charge in [-0.3, -0.25) is 19.3 Å². The van der Waals surface area contributed by atoms with E-state index in [0.29, 0.717) is 24.2 Å². The van der Waals surface area contributed by atoms with Gasteiger partial charge >= 0.3 is 0 Å². The van der Waals surface area contributed by atoms with Gasteiger partial charge in [0, 0.05) is 6.54 Å². The zero-order valence-corrected chi connectivity index (χ0v) is 10.2. The topological polar surface area (TPSA) is 57.7 Å². The van der Waals surface area contributed by atoms with E-state index in [-0.39, 0.29) is 17.7 Å². The van der Waals surface area contributed by atoms with Crippen LogP contribution in [0.25, 0.3) is 0 Å². The lowest BCUT2D eigenvalue weighted by atomic mass is 10.1. The quantitative estimate of drug-likeness (QED) is 0.454. The molecular weight excluding hydrogens is 244 g/mol. The second-order valence-corrected chi connectivity index (χ2v) is 4.57. The number of hydrogen-bond donors (Lipinski definition) is 0. The molecule has 96 valence electrons. The fourth-order valence-corrected chi connectivity index (χ4v) is 2.48. The molecule has 0 N–H and O–H groups in total. The van der Waals surface area contributed by atoms with Crippen LogP contribution in [0.5, 0.6) is 0 Å². The molecule has 3 amide bonds. The summed E-state index contributed by atoms with van der Waals surface area (Å²) in [6.07, 6.45) is 1.62. The summed E-state index contributed by atoms with van der Waals surface area (Å²) >= 11 is 0. The Morgan fingerprint density at radius 2 is 1.74 bits per heavy atom. The second-order valence-electron chi connectivity index (χ2n) is 4.57. The molecule has 0 aliphatic carbocycles. The van der Waals surface area contributed by atoms with Crippen LogP contribution in [0.1, 0.15) is 20.7 Å². The van der Waals surface area contributed by atoms with E-state index in [1.165, 1.54) is 0 Å². The van der Waals surface area contributed by atoms with E-state index in [2.05, 4.69) is 6.58 Å². The maximum atomic E-state index is 12.2. The van der Waals surface area contributed by atoms with Gasteiger partial charge in [-0.25, -0.2) is 0 Å². The standard InChI is InChI=1S/C14H12N2O3/c1-2-7-15-8-11(14(15)19)16-12(17)9-5-3-4-6-10(9)13(16)18/h2-6,11H,1,7-8H2. The maximum absolute atomic E-state index is 12.2. The number of β-lactam (4-membered cyclic amide) rings is 1. The summed E-state index contributed by atoms with van der Waals surface area (Å²) in [5.74, 6) is -0.955. The smallest absolute Gasteiger partial charge is 0.262 e. The van der Waals surface area contributed by atoms with Crippen molar-refractivity contribution in [3.63, 3.8) is 0 Å². The zero-order chi connectivity index (χ0) is 13.6. The molecule has 1 aromatic rings. The van der Waals surface area contributed by atoms with Gasteiger partial charge in [0.15, 0.2) is 0 Å². The lowest BCUT2D eigenvalue weighted by molar-refractivity contribution is -0.146. The molecule has 1 fully saturated rings. The monoisotopic (exact) mass is 256 g/mol. The van der Waals surface area contributed by atoms with Gasteiger partial charge in [0.1, 0.15) is 6.04 Å². The molecule has 0 spiro atoms. The second kappa shape index (κ2) is 4.05. The minimum atomic E-state index is -0.660. The van der Waals surface area contributed by atoms with Crippen LogP contribution in [0.2, 0.25) is 0 Å². The molecular formula is C14H12N2O3. The molecule has 19 heavy (non-hydrogen) atoms. The van der Waals surface area contributed by atoms with Crippen LogP contribution in [0, 0.1) is 0 Å². The van der Waals surface area contributed by atoms with Crippen LogP contribution in [-0.2, 0) is 4.79 Å². The molecule has 0 radical (unpaired) electrons. The third-order valence-corrected chi connectivity index (χ3v) is 3.48. The first-order valence-electron chi connectivity index (χ1n) is 6.01. The summed E-state index contributed by atoms with van der Waals surface area (Å²) in [6.45, 7) is 4.39. The summed E-state index contributed by atoms with van der Waals surface area (Å²) in [4.78, 5) is 38.9. The fourth-order valence-electron chi connectivity index (χ4n) is 2.48. The molecule has 0 aromatic heterocycles. The third kappa shape index (κ3) is 1.51. The van der Waals surface area contributed by atoms with E-state index in [1.54, 1.807) is 35.2 Å². The van der Waals surface area contributed by atoms with Crippen LogP contribution in [0.3, 0.4) is 0 Å². The predicted molar refractivity (Wildman–Crippen MR) is 67.5 cm³/mol. The molecule has 2 aliphatic rings. The van der Waals surface area contributed by atoms with Gasteiger partial charge in [-0.05, 0) is 12.1 Å². The Hall–Kier alpha value is -2.43. The average molecular weight is 256 g/mol. The number of fused-ring (bicyclic) bond motifs is 1. The van der Waals surface area contributed by atoms with Crippen LogP contribution in [-0.4, -0.2) is 46.7 Å². The SMILES string of the molecule is C=CCN1CC(N2C(=O)c3ccccc3C2=O)C1=O. The number of rotatable bonds is 3. The molecule has 1 aromatic carbocycles. The Morgan fingerprint density at radius 3 is 2.21 bits per heavy atom. The number of imide groups is 1. The summed E-state index contributed by atoms with van der Waals surface area (Å²) in [7, 11) is 0. The van der Waals surface area contributed by atoms with Crippen LogP contribution >= 0.6 is 0 Å². The largest absolute Gasteiger partial charge is 0.334 e. The Bertz CT molecular complexity index is 573. The number of nitrogens with zero attached hydrogens (tertiary/aromatic N) is 2. The van der Waals surface area contributed by atoms with Crippen molar-refractivity contribution in [1.82, 2.24) is 9.80 Å². The van der Waals surface area contributed by atoms with E-state index < -0.39 is 6.04 Å². The van der Waals surface area contributed by atoms with Crippen molar-refractivity contribution in [3.05, 3.63) is 48.0 Å². The van der Waals surface area contributed by atoms with E-state index in [9.17, 15) is 14.4 Å². The summed E-state index contributed by atoms with van der Waals surface area (Å²) in [6, 6.07) is 5.98. The van der Waals surface area contributed by atoms with Crippen molar-refractivity contribution < 1.29 is 14.4 Å². The Kier molecular flexibility index (Phi) is 2.48. The first-order valence-corrected chi connectivity index (χ1v) is 6.01. The van der Waals surface area contributed by atoms with Crippen molar-refractivity contribution >= 4 is 17.7 Å². The average Bonchev–Trinajstić information content (AvgIpc) is 2.67. The fraction of sp³-hybridized carbons (Fsp3) is 0.214. The minimum Gasteiger partial charge on any atom is -0.334 e. The van der Waals surface area contributed by atoms with E-state index in [4.69, 9.17) is 0 Å². The van der Waals surface area contributed by atoms with Crippen LogP contribution in [0.4, 0.5) is 0 Å². The first-order chi connectivity index (χ1) is 9.15. The Labute approximate surface area is 110 Å². The Morgan fingerprint density at radius 1 is 1.16 bits per heavy atom. The van der Waals surface area contributed by atoms with Crippen molar-refractivity contribution in [2.75, 3.05) is 13.1 Å². The van der Waals surface area contributed by atoms with Gasteiger partial charge in [-0.1, -0.05) is 18.2 Å². The summed E-state index contributed by atoms with van der Waals surface area (Å²) < 4.78 is 0.